The Balaban J connectivity index is 3.65. The quantitative estimate of drug-likeness (QED) is 0.558. The van der Waals surface area contributed by atoms with E-state index in [1.807, 2.05) is 19.9 Å². The maximum Gasteiger partial charge on any atom is 0.273 e. The Morgan fingerprint density at radius 1 is 0.889 bits per heavy atom. The number of nitro groups is 1. The molecule has 3 nitrogen and oxygen atoms in total. The molecule has 0 N–H and O–H groups in total. The Kier molecular flexibility index (Phi) is 4.49. The number of rotatable bonds is 4. The molecule has 0 amide bonds. The molecule has 1 rings (SSSR count). The maximum absolute atomic E-state index is 11.2. The van der Waals surface area contributed by atoms with Crippen molar-refractivity contribution in [3.8, 4) is 0 Å². The predicted molar refractivity (Wildman–Crippen MR) is 75.4 cm³/mol. The van der Waals surface area contributed by atoms with Gasteiger partial charge in [-0.05, 0) is 28.9 Å². The first-order chi connectivity index (χ1) is 8.27. The summed E-state index contributed by atoms with van der Waals surface area (Å²) in [5, 5.41) is 11.2. The van der Waals surface area contributed by atoms with Crippen LogP contribution >= 0.6 is 0 Å². The number of benzene rings is 1. The van der Waals surface area contributed by atoms with Gasteiger partial charge in [0.2, 0.25) is 0 Å². The summed E-state index contributed by atoms with van der Waals surface area (Å²) < 4.78 is 0. The number of hydrogen-bond acceptors (Lipinski definition) is 2. The summed E-state index contributed by atoms with van der Waals surface area (Å²) in [7, 11) is 0. The molecule has 0 unspecified atom stereocenters. The van der Waals surface area contributed by atoms with Crippen molar-refractivity contribution in [1.29, 1.82) is 0 Å². The number of nitrogens with zero attached hydrogens (tertiary/aromatic N) is 1. The summed E-state index contributed by atoms with van der Waals surface area (Å²) in [6, 6.07) is 3.58. The van der Waals surface area contributed by atoms with Gasteiger partial charge >= 0.3 is 0 Å². The van der Waals surface area contributed by atoms with E-state index in [0.29, 0.717) is 11.8 Å². The fourth-order valence-electron chi connectivity index (χ4n) is 2.56. The highest BCUT2D eigenvalue weighted by Gasteiger charge is 2.25. The van der Waals surface area contributed by atoms with E-state index in [2.05, 4.69) is 27.7 Å². The largest absolute Gasteiger partial charge is 0.273 e. The molecule has 0 radical (unpaired) electrons. The van der Waals surface area contributed by atoms with Crippen molar-refractivity contribution < 1.29 is 4.92 Å². The SMILES string of the molecule is CC(C)c1ccc([N+](=O)[O-])c(C(C)C)c1C(C)C. The normalized spacial score (nSPS) is 11.6. The molecule has 1 aromatic rings. The summed E-state index contributed by atoms with van der Waals surface area (Å²) in [6.45, 7) is 12.5. The minimum atomic E-state index is -0.259. The van der Waals surface area contributed by atoms with Crippen molar-refractivity contribution in [2.75, 3.05) is 0 Å². The van der Waals surface area contributed by atoms with Crippen molar-refractivity contribution in [3.05, 3.63) is 38.9 Å². The van der Waals surface area contributed by atoms with E-state index in [4.69, 9.17) is 0 Å². The fraction of sp³-hybridized carbons (Fsp3) is 0.600. The van der Waals surface area contributed by atoms with Crippen LogP contribution in [0.4, 0.5) is 5.69 Å². The van der Waals surface area contributed by atoms with Gasteiger partial charge in [-0.3, -0.25) is 10.1 Å². The first-order valence-corrected chi connectivity index (χ1v) is 6.58. The highest BCUT2D eigenvalue weighted by Crippen LogP contribution is 2.38. The molecule has 0 aromatic heterocycles. The minimum absolute atomic E-state index is 0.168. The third kappa shape index (κ3) is 2.71. The zero-order valence-electron chi connectivity index (χ0n) is 12.2. The fourth-order valence-corrected chi connectivity index (χ4v) is 2.56. The Morgan fingerprint density at radius 2 is 1.39 bits per heavy atom. The molecule has 0 aliphatic carbocycles. The monoisotopic (exact) mass is 249 g/mol. The Morgan fingerprint density at radius 3 is 1.72 bits per heavy atom. The van der Waals surface area contributed by atoms with Gasteiger partial charge in [0.1, 0.15) is 0 Å². The lowest BCUT2D eigenvalue weighted by atomic mass is 9.82. The highest BCUT2D eigenvalue weighted by atomic mass is 16.6. The van der Waals surface area contributed by atoms with Crippen LogP contribution in [0, 0.1) is 10.1 Å². The van der Waals surface area contributed by atoms with E-state index in [-0.39, 0.29) is 16.5 Å². The van der Waals surface area contributed by atoms with Crippen molar-refractivity contribution in [2.24, 2.45) is 0 Å². The van der Waals surface area contributed by atoms with Gasteiger partial charge in [-0.1, -0.05) is 47.6 Å². The molecular weight excluding hydrogens is 226 g/mol. The summed E-state index contributed by atoms with van der Waals surface area (Å²) >= 11 is 0. The van der Waals surface area contributed by atoms with E-state index < -0.39 is 0 Å². The first-order valence-electron chi connectivity index (χ1n) is 6.58. The summed E-state index contributed by atoms with van der Waals surface area (Å²) in [4.78, 5) is 10.9. The van der Waals surface area contributed by atoms with Gasteiger partial charge in [-0.25, -0.2) is 0 Å². The lowest BCUT2D eigenvalue weighted by molar-refractivity contribution is -0.385. The van der Waals surface area contributed by atoms with Crippen molar-refractivity contribution in [3.63, 3.8) is 0 Å². The van der Waals surface area contributed by atoms with Crippen LogP contribution in [0.15, 0.2) is 12.1 Å². The molecule has 18 heavy (non-hydrogen) atoms. The molecule has 0 saturated heterocycles. The molecule has 0 aliphatic heterocycles. The Hall–Kier alpha value is -1.38. The van der Waals surface area contributed by atoms with Crippen LogP contribution in [0.1, 0.15) is 76.0 Å². The van der Waals surface area contributed by atoms with Crippen molar-refractivity contribution in [1.82, 2.24) is 0 Å². The maximum atomic E-state index is 11.2. The Labute approximate surface area is 109 Å². The van der Waals surface area contributed by atoms with Crippen LogP contribution in [0.5, 0.6) is 0 Å². The smallest absolute Gasteiger partial charge is 0.258 e. The first kappa shape index (κ1) is 14.7. The number of nitro benzene ring substituents is 1. The van der Waals surface area contributed by atoms with Gasteiger partial charge in [0.15, 0.2) is 0 Å². The summed E-state index contributed by atoms with van der Waals surface area (Å²) in [6.07, 6.45) is 0. The van der Waals surface area contributed by atoms with E-state index in [0.717, 1.165) is 11.1 Å². The van der Waals surface area contributed by atoms with Gasteiger partial charge in [-0.15, -0.1) is 0 Å². The standard InChI is InChI=1S/C15H23NO2/c1-9(2)12-7-8-13(16(17)18)15(11(5)6)14(12)10(3)4/h7-11H,1-6H3. The third-order valence-electron chi connectivity index (χ3n) is 3.27. The van der Waals surface area contributed by atoms with Crippen LogP contribution in [0.3, 0.4) is 0 Å². The molecule has 0 atom stereocenters. The zero-order valence-corrected chi connectivity index (χ0v) is 12.2. The van der Waals surface area contributed by atoms with E-state index >= 15 is 0 Å². The molecule has 0 fully saturated rings. The summed E-state index contributed by atoms with van der Waals surface area (Å²) in [5.74, 6) is 0.863. The second-order valence-corrected chi connectivity index (χ2v) is 5.72. The van der Waals surface area contributed by atoms with Crippen molar-refractivity contribution >= 4 is 5.69 Å². The summed E-state index contributed by atoms with van der Waals surface area (Å²) in [5.41, 5.74) is 3.56. The topological polar surface area (TPSA) is 43.1 Å². The third-order valence-corrected chi connectivity index (χ3v) is 3.27. The molecule has 0 heterocycles. The Bertz CT molecular complexity index is 448. The number of hydrogen-bond donors (Lipinski definition) is 0. The van der Waals surface area contributed by atoms with Crippen LogP contribution in [0.2, 0.25) is 0 Å². The molecular formula is C15H23NO2. The molecule has 1 aromatic carbocycles. The van der Waals surface area contributed by atoms with Gasteiger partial charge in [0.05, 0.1) is 4.92 Å². The lowest BCUT2D eigenvalue weighted by Crippen LogP contribution is -2.08. The van der Waals surface area contributed by atoms with Crippen LogP contribution in [0.25, 0.3) is 0 Å². The second-order valence-electron chi connectivity index (χ2n) is 5.72. The highest BCUT2D eigenvalue weighted by molar-refractivity contribution is 5.53. The molecule has 0 saturated carbocycles. The minimum Gasteiger partial charge on any atom is -0.258 e. The van der Waals surface area contributed by atoms with Gasteiger partial charge < -0.3 is 0 Å². The predicted octanol–water partition coefficient (Wildman–Crippen LogP) is 4.97. The lowest BCUT2D eigenvalue weighted by Gasteiger charge is -2.22. The second kappa shape index (κ2) is 5.51. The van der Waals surface area contributed by atoms with Crippen LogP contribution < -0.4 is 0 Å². The molecule has 0 spiro atoms. The molecule has 0 bridgehead atoms. The average molecular weight is 249 g/mol. The van der Waals surface area contributed by atoms with E-state index in [1.54, 1.807) is 6.07 Å². The van der Waals surface area contributed by atoms with Gasteiger partial charge in [-0.2, -0.15) is 0 Å². The van der Waals surface area contributed by atoms with E-state index in [1.165, 1.54) is 5.56 Å². The van der Waals surface area contributed by atoms with Crippen molar-refractivity contribution in [2.45, 2.75) is 59.3 Å². The van der Waals surface area contributed by atoms with Gasteiger partial charge in [0, 0.05) is 11.6 Å². The van der Waals surface area contributed by atoms with Crippen LogP contribution in [-0.2, 0) is 0 Å². The van der Waals surface area contributed by atoms with Crippen LogP contribution in [-0.4, -0.2) is 4.92 Å². The van der Waals surface area contributed by atoms with Gasteiger partial charge in [0.25, 0.3) is 5.69 Å². The molecule has 0 aliphatic rings. The average Bonchev–Trinajstić information content (AvgIpc) is 2.26. The molecule has 3 heteroatoms. The van der Waals surface area contributed by atoms with E-state index in [9.17, 15) is 10.1 Å². The molecule has 100 valence electrons. The zero-order chi connectivity index (χ0) is 14.0.